The van der Waals surface area contributed by atoms with E-state index in [4.69, 9.17) is 5.73 Å². The van der Waals surface area contributed by atoms with Crippen molar-refractivity contribution < 1.29 is 4.79 Å². The van der Waals surface area contributed by atoms with E-state index in [0.717, 1.165) is 0 Å². The minimum atomic E-state index is -0.0655. The maximum atomic E-state index is 12.0. The van der Waals surface area contributed by atoms with E-state index in [1.165, 1.54) is 25.7 Å². The Bertz CT molecular complexity index is 220. The fraction of sp³-hybridized carbons (Fsp3) is 0.917. The van der Waals surface area contributed by atoms with Gasteiger partial charge in [0.15, 0.2) is 0 Å². The minimum absolute atomic E-state index is 0.0655. The predicted octanol–water partition coefficient (Wildman–Crippen LogP) is 1.76. The van der Waals surface area contributed by atoms with E-state index in [-0.39, 0.29) is 11.3 Å². The van der Waals surface area contributed by atoms with Gasteiger partial charge < -0.3 is 10.6 Å². The zero-order chi connectivity index (χ0) is 11.5. The molecule has 0 bridgehead atoms. The first-order chi connectivity index (χ1) is 6.96. The quantitative estimate of drug-likeness (QED) is 0.772. The summed E-state index contributed by atoms with van der Waals surface area (Å²) >= 11 is 0. The third kappa shape index (κ3) is 3.49. The van der Waals surface area contributed by atoms with Crippen LogP contribution in [0.3, 0.4) is 0 Å². The highest BCUT2D eigenvalue weighted by Gasteiger charge is 2.27. The van der Waals surface area contributed by atoms with E-state index in [2.05, 4.69) is 0 Å². The van der Waals surface area contributed by atoms with Gasteiger partial charge in [-0.15, -0.1) is 0 Å². The molecule has 1 amide bonds. The molecule has 1 aliphatic carbocycles. The van der Waals surface area contributed by atoms with E-state index in [1.807, 2.05) is 25.8 Å². The second-order valence-corrected chi connectivity index (χ2v) is 5.49. The number of carbonyl (C=O) groups excluding carboxylic acids is 1. The first-order valence-corrected chi connectivity index (χ1v) is 5.92. The van der Waals surface area contributed by atoms with Crippen molar-refractivity contribution in [2.24, 2.45) is 11.1 Å². The SMILES string of the molecule is CN(C(=O)CC(C)(C)CN)C1CCCC1. The molecule has 88 valence electrons. The van der Waals surface area contributed by atoms with E-state index < -0.39 is 0 Å². The van der Waals surface area contributed by atoms with Gasteiger partial charge >= 0.3 is 0 Å². The summed E-state index contributed by atoms with van der Waals surface area (Å²) in [4.78, 5) is 13.9. The molecule has 1 saturated carbocycles. The van der Waals surface area contributed by atoms with Crippen LogP contribution in [0.4, 0.5) is 0 Å². The summed E-state index contributed by atoms with van der Waals surface area (Å²) in [5.41, 5.74) is 5.57. The summed E-state index contributed by atoms with van der Waals surface area (Å²) < 4.78 is 0. The standard InChI is InChI=1S/C12H24N2O/c1-12(2,9-13)8-11(15)14(3)10-6-4-5-7-10/h10H,4-9,13H2,1-3H3. The molecule has 0 aromatic heterocycles. The van der Waals surface area contributed by atoms with Gasteiger partial charge in [0.05, 0.1) is 0 Å². The monoisotopic (exact) mass is 212 g/mol. The van der Waals surface area contributed by atoms with Crippen LogP contribution in [0.1, 0.15) is 46.0 Å². The molecule has 0 aliphatic heterocycles. The Kier molecular flexibility index (Phi) is 4.14. The van der Waals surface area contributed by atoms with Crippen molar-refractivity contribution in [3.63, 3.8) is 0 Å². The van der Waals surface area contributed by atoms with Gasteiger partial charge in [0.2, 0.25) is 5.91 Å². The van der Waals surface area contributed by atoms with Gasteiger partial charge in [0.25, 0.3) is 0 Å². The largest absolute Gasteiger partial charge is 0.343 e. The molecule has 1 fully saturated rings. The van der Waals surface area contributed by atoms with Gasteiger partial charge in [0, 0.05) is 19.5 Å². The number of rotatable bonds is 4. The van der Waals surface area contributed by atoms with Crippen LogP contribution in [0, 0.1) is 5.41 Å². The molecule has 3 nitrogen and oxygen atoms in total. The second-order valence-electron chi connectivity index (χ2n) is 5.49. The molecule has 0 saturated heterocycles. The molecule has 0 heterocycles. The van der Waals surface area contributed by atoms with Crippen LogP contribution in [0.15, 0.2) is 0 Å². The zero-order valence-corrected chi connectivity index (χ0v) is 10.3. The second kappa shape index (κ2) is 4.97. The van der Waals surface area contributed by atoms with E-state index in [1.54, 1.807) is 0 Å². The number of nitrogens with zero attached hydrogens (tertiary/aromatic N) is 1. The molecule has 0 unspecified atom stereocenters. The van der Waals surface area contributed by atoms with Crippen LogP contribution in [-0.4, -0.2) is 30.4 Å². The van der Waals surface area contributed by atoms with E-state index in [0.29, 0.717) is 19.0 Å². The van der Waals surface area contributed by atoms with Crippen molar-refractivity contribution in [1.29, 1.82) is 0 Å². The summed E-state index contributed by atoms with van der Waals surface area (Å²) in [7, 11) is 1.94. The van der Waals surface area contributed by atoms with Gasteiger partial charge in [-0.25, -0.2) is 0 Å². The van der Waals surface area contributed by atoms with E-state index in [9.17, 15) is 4.79 Å². The van der Waals surface area contributed by atoms with Crippen molar-refractivity contribution >= 4 is 5.91 Å². The Hall–Kier alpha value is -0.570. The summed E-state index contributed by atoms with van der Waals surface area (Å²) in [6, 6.07) is 0.478. The normalized spacial score (nSPS) is 18.1. The zero-order valence-electron chi connectivity index (χ0n) is 10.3. The van der Waals surface area contributed by atoms with Gasteiger partial charge in [-0.2, -0.15) is 0 Å². The molecule has 2 N–H and O–H groups in total. The van der Waals surface area contributed by atoms with Crippen LogP contribution in [0.25, 0.3) is 0 Å². The van der Waals surface area contributed by atoms with Crippen LogP contribution >= 0.6 is 0 Å². The third-order valence-corrected chi connectivity index (χ3v) is 3.45. The minimum Gasteiger partial charge on any atom is -0.343 e. The molecule has 0 aromatic rings. The van der Waals surface area contributed by atoms with Gasteiger partial charge in [0.1, 0.15) is 0 Å². The average Bonchev–Trinajstić information content (AvgIpc) is 2.68. The predicted molar refractivity (Wildman–Crippen MR) is 62.5 cm³/mol. The lowest BCUT2D eigenvalue weighted by Crippen LogP contribution is -2.39. The molecule has 0 radical (unpaired) electrons. The summed E-state index contributed by atoms with van der Waals surface area (Å²) in [6.07, 6.45) is 5.44. The molecule has 3 heteroatoms. The van der Waals surface area contributed by atoms with Crippen LogP contribution in [0.5, 0.6) is 0 Å². The lowest BCUT2D eigenvalue weighted by atomic mass is 9.89. The highest BCUT2D eigenvalue weighted by Crippen LogP contribution is 2.25. The molecule has 15 heavy (non-hydrogen) atoms. The van der Waals surface area contributed by atoms with Crippen LogP contribution in [0.2, 0.25) is 0 Å². The Morgan fingerprint density at radius 1 is 1.40 bits per heavy atom. The molecule has 1 rings (SSSR count). The van der Waals surface area contributed by atoms with Gasteiger partial charge in [-0.1, -0.05) is 26.7 Å². The summed E-state index contributed by atoms with van der Waals surface area (Å²) in [5, 5.41) is 0. The fourth-order valence-electron chi connectivity index (χ4n) is 2.10. The Morgan fingerprint density at radius 2 is 1.93 bits per heavy atom. The first kappa shape index (κ1) is 12.5. The van der Waals surface area contributed by atoms with Gasteiger partial charge in [-0.05, 0) is 24.8 Å². The van der Waals surface area contributed by atoms with Crippen molar-refractivity contribution in [3.05, 3.63) is 0 Å². The Balaban J connectivity index is 2.45. The number of nitrogens with two attached hydrogens (primary N) is 1. The van der Waals surface area contributed by atoms with Crippen LogP contribution in [-0.2, 0) is 4.79 Å². The molecular weight excluding hydrogens is 188 g/mol. The highest BCUT2D eigenvalue weighted by molar-refractivity contribution is 5.77. The number of amides is 1. The highest BCUT2D eigenvalue weighted by atomic mass is 16.2. The number of carbonyl (C=O) groups is 1. The maximum absolute atomic E-state index is 12.0. The molecule has 0 atom stereocenters. The summed E-state index contributed by atoms with van der Waals surface area (Å²) in [6.45, 7) is 4.66. The van der Waals surface area contributed by atoms with E-state index >= 15 is 0 Å². The lowest BCUT2D eigenvalue weighted by Gasteiger charge is -2.29. The Labute approximate surface area is 93.0 Å². The van der Waals surface area contributed by atoms with Crippen molar-refractivity contribution in [1.82, 2.24) is 4.90 Å². The average molecular weight is 212 g/mol. The first-order valence-electron chi connectivity index (χ1n) is 5.92. The van der Waals surface area contributed by atoms with Crippen molar-refractivity contribution in [2.45, 2.75) is 52.0 Å². The number of hydrogen-bond donors (Lipinski definition) is 1. The smallest absolute Gasteiger partial charge is 0.223 e. The molecule has 0 aromatic carbocycles. The summed E-state index contributed by atoms with van der Waals surface area (Å²) in [5.74, 6) is 0.248. The molecular formula is C12H24N2O. The molecule has 0 spiro atoms. The lowest BCUT2D eigenvalue weighted by molar-refractivity contribution is -0.133. The maximum Gasteiger partial charge on any atom is 0.223 e. The third-order valence-electron chi connectivity index (χ3n) is 3.45. The Morgan fingerprint density at radius 3 is 2.40 bits per heavy atom. The van der Waals surface area contributed by atoms with Crippen molar-refractivity contribution in [3.8, 4) is 0 Å². The van der Waals surface area contributed by atoms with Crippen LogP contribution < -0.4 is 5.73 Å². The molecule has 1 aliphatic rings. The number of hydrogen-bond acceptors (Lipinski definition) is 2. The fourth-order valence-corrected chi connectivity index (χ4v) is 2.10. The van der Waals surface area contributed by atoms with Gasteiger partial charge in [-0.3, -0.25) is 4.79 Å². The van der Waals surface area contributed by atoms with Crippen molar-refractivity contribution in [2.75, 3.05) is 13.6 Å². The topological polar surface area (TPSA) is 46.3 Å².